The van der Waals surface area contributed by atoms with Gasteiger partial charge in [-0.2, -0.15) is 0 Å². The number of aryl methyl sites for hydroxylation is 1. The van der Waals surface area contributed by atoms with Crippen LogP contribution in [0.1, 0.15) is 42.0 Å². The van der Waals surface area contributed by atoms with Crippen LogP contribution in [0.2, 0.25) is 0 Å². The van der Waals surface area contributed by atoms with Crippen LogP contribution in [0.25, 0.3) is 0 Å². The molecule has 2 heterocycles. The third-order valence-corrected chi connectivity index (χ3v) is 9.24. The third kappa shape index (κ3) is 4.45. The summed E-state index contributed by atoms with van der Waals surface area (Å²) < 4.78 is 71.6. The Hall–Kier alpha value is -2.62. The molecule has 0 saturated heterocycles. The Morgan fingerprint density at radius 3 is 2.55 bits per heavy atom. The van der Waals surface area contributed by atoms with E-state index in [2.05, 4.69) is 9.71 Å². The number of fused-ring (bicyclic) bond motifs is 2. The molecule has 0 bridgehead atoms. The Bertz CT molecular complexity index is 1400. The fourth-order valence-electron chi connectivity index (χ4n) is 4.20. The molecule has 4 rings (SSSR count). The normalized spacial score (nSPS) is 15.0. The lowest BCUT2D eigenvalue weighted by Gasteiger charge is -2.19. The molecular formula is C24H25FN2O4S2. The third-order valence-electron chi connectivity index (χ3n) is 5.82. The van der Waals surface area contributed by atoms with Crippen molar-refractivity contribution in [2.24, 2.45) is 0 Å². The summed E-state index contributed by atoms with van der Waals surface area (Å²) in [4.78, 5) is 3.49. The first kappa shape index (κ1) is 23.5. The summed E-state index contributed by atoms with van der Waals surface area (Å²) in [7, 11) is -8.27. The van der Waals surface area contributed by atoms with Crippen molar-refractivity contribution < 1.29 is 21.2 Å². The maximum Gasteiger partial charge on any atom is 0.241 e. The summed E-state index contributed by atoms with van der Waals surface area (Å²) in [5.74, 6) is -1.22. The summed E-state index contributed by atoms with van der Waals surface area (Å²) in [6.45, 7) is 3.46. The van der Waals surface area contributed by atoms with Gasteiger partial charge in [0.2, 0.25) is 19.9 Å². The molecule has 0 aliphatic carbocycles. The summed E-state index contributed by atoms with van der Waals surface area (Å²) in [6, 6.07) is 11.3. The first-order chi connectivity index (χ1) is 15.6. The van der Waals surface area contributed by atoms with Crippen LogP contribution < -0.4 is 4.72 Å². The predicted molar refractivity (Wildman–Crippen MR) is 123 cm³/mol. The minimum absolute atomic E-state index is 0.00350. The van der Waals surface area contributed by atoms with Crippen LogP contribution in [0.5, 0.6) is 0 Å². The number of hydrogen-bond acceptors (Lipinski definition) is 5. The van der Waals surface area contributed by atoms with Gasteiger partial charge in [0.25, 0.3) is 0 Å². The first-order valence-corrected chi connectivity index (χ1v) is 13.7. The molecule has 0 radical (unpaired) electrons. The van der Waals surface area contributed by atoms with Crippen LogP contribution in [0.3, 0.4) is 0 Å². The van der Waals surface area contributed by atoms with E-state index in [1.54, 1.807) is 50.5 Å². The molecule has 0 amide bonds. The van der Waals surface area contributed by atoms with E-state index in [0.29, 0.717) is 18.4 Å². The number of nitrogens with one attached hydrogen (secondary N) is 1. The van der Waals surface area contributed by atoms with E-state index in [1.807, 2.05) is 6.07 Å². The van der Waals surface area contributed by atoms with Gasteiger partial charge in [0, 0.05) is 30.1 Å². The number of rotatable bonds is 6. The molecule has 0 saturated carbocycles. The van der Waals surface area contributed by atoms with Crippen LogP contribution in [-0.2, 0) is 39.1 Å². The number of hydrogen-bond donors (Lipinski definition) is 1. The zero-order valence-electron chi connectivity index (χ0n) is 18.4. The quantitative estimate of drug-likeness (QED) is 0.570. The van der Waals surface area contributed by atoms with Crippen LogP contribution in [0.4, 0.5) is 4.39 Å². The number of pyridine rings is 1. The Morgan fingerprint density at radius 2 is 1.85 bits per heavy atom. The van der Waals surface area contributed by atoms with E-state index in [1.165, 1.54) is 6.07 Å². The van der Waals surface area contributed by atoms with Crippen molar-refractivity contribution in [3.8, 4) is 0 Å². The molecule has 0 spiro atoms. The van der Waals surface area contributed by atoms with Crippen molar-refractivity contribution in [2.75, 3.05) is 6.54 Å². The summed E-state index contributed by atoms with van der Waals surface area (Å²) in [5.41, 5.74) is 1.49. The first-order valence-electron chi connectivity index (χ1n) is 10.7. The molecule has 2 aromatic carbocycles. The molecule has 6 nitrogen and oxygen atoms in total. The smallest absolute Gasteiger partial charge is 0.241 e. The van der Waals surface area contributed by atoms with Crippen LogP contribution >= 0.6 is 0 Å². The Morgan fingerprint density at radius 1 is 1.09 bits per heavy atom. The largest absolute Gasteiger partial charge is 0.264 e. The van der Waals surface area contributed by atoms with Crippen molar-refractivity contribution in [1.29, 1.82) is 0 Å². The average Bonchev–Trinajstić information content (AvgIpc) is 2.89. The average molecular weight is 489 g/mol. The molecule has 0 unspecified atom stereocenters. The van der Waals surface area contributed by atoms with Gasteiger partial charge in [-0.15, -0.1) is 0 Å². The molecule has 174 valence electrons. The van der Waals surface area contributed by atoms with Gasteiger partial charge in [-0.05, 0) is 54.5 Å². The zero-order chi connectivity index (χ0) is 23.8. The van der Waals surface area contributed by atoms with Crippen LogP contribution in [-0.4, -0.2) is 28.4 Å². The number of sulfone groups is 1. The second kappa shape index (κ2) is 8.96. The van der Waals surface area contributed by atoms with Crippen molar-refractivity contribution in [3.05, 3.63) is 82.9 Å². The van der Waals surface area contributed by atoms with Gasteiger partial charge < -0.3 is 0 Å². The summed E-state index contributed by atoms with van der Waals surface area (Å²) in [6.07, 6.45) is 4.18. The zero-order valence-corrected chi connectivity index (χ0v) is 20.0. The number of benzene rings is 2. The lowest BCUT2D eigenvalue weighted by atomic mass is 9.96. The maximum atomic E-state index is 15.8. The van der Waals surface area contributed by atoms with E-state index < -0.39 is 31.6 Å². The second-order valence-corrected chi connectivity index (χ2v) is 12.0. The maximum absolute atomic E-state index is 15.8. The molecule has 33 heavy (non-hydrogen) atoms. The highest BCUT2D eigenvalue weighted by Crippen LogP contribution is 2.38. The molecule has 9 heteroatoms. The monoisotopic (exact) mass is 488 g/mol. The highest BCUT2D eigenvalue weighted by Gasteiger charge is 2.34. The van der Waals surface area contributed by atoms with Gasteiger partial charge in [-0.25, -0.2) is 25.9 Å². The predicted octanol–water partition coefficient (Wildman–Crippen LogP) is 3.80. The molecule has 0 fully saturated rings. The van der Waals surface area contributed by atoms with Crippen molar-refractivity contribution in [3.63, 3.8) is 0 Å². The molecule has 1 N–H and O–H groups in total. The lowest BCUT2D eigenvalue weighted by Crippen LogP contribution is -2.28. The Kier molecular flexibility index (Phi) is 6.39. The van der Waals surface area contributed by atoms with E-state index in [4.69, 9.17) is 0 Å². The van der Waals surface area contributed by atoms with Gasteiger partial charge >= 0.3 is 0 Å². The number of nitrogens with zero attached hydrogens (tertiary/aromatic N) is 1. The summed E-state index contributed by atoms with van der Waals surface area (Å²) in [5, 5.41) is 0. The summed E-state index contributed by atoms with van der Waals surface area (Å²) >= 11 is 0. The van der Waals surface area contributed by atoms with Crippen molar-refractivity contribution >= 4 is 19.9 Å². The van der Waals surface area contributed by atoms with E-state index >= 15 is 4.39 Å². The number of halogens is 1. The lowest BCUT2D eigenvalue weighted by molar-refractivity contribution is 0.549. The topological polar surface area (TPSA) is 93.2 Å². The molecule has 1 aromatic heterocycles. The van der Waals surface area contributed by atoms with Crippen LogP contribution in [0.15, 0.2) is 69.5 Å². The minimum atomic E-state index is -4.18. The second-order valence-electron chi connectivity index (χ2n) is 8.35. The molecule has 1 aliphatic rings. The molecule has 0 atom stereocenters. The fraction of sp³-hybridized carbons (Fsp3) is 0.292. The van der Waals surface area contributed by atoms with Crippen molar-refractivity contribution in [1.82, 2.24) is 9.71 Å². The molecular weight excluding hydrogens is 463 g/mol. The van der Waals surface area contributed by atoms with E-state index in [9.17, 15) is 16.8 Å². The van der Waals surface area contributed by atoms with Crippen molar-refractivity contribution in [2.45, 2.75) is 53.7 Å². The highest BCUT2D eigenvalue weighted by atomic mass is 32.2. The fourth-order valence-corrected chi connectivity index (χ4v) is 7.49. The SMILES string of the molecule is CC(C)c1c(S(=O)(=O)NCCc2cccnc2)cc2c(c1F)CCc1ccccc1S2(=O)=O. The molecule has 3 aromatic rings. The van der Waals surface area contributed by atoms with E-state index in [0.717, 1.165) is 11.6 Å². The Balaban J connectivity index is 1.81. The van der Waals surface area contributed by atoms with Gasteiger partial charge in [-0.3, -0.25) is 4.98 Å². The molecule has 1 aliphatic heterocycles. The number of sulfonamides is 1. The minimum Gasteiger partial charge on any atom is -0.264 e. The van der Waals surface area contributed by atoms with Gasteiger partial charge in [0.05, 0.1) is 14.7 Å². The Labute approximate surface area is 193 Å². The highest BCUT2D eigenvalue weighted by molar-refractivity contribution is 7.92. The van der Waals surface area contributed by atoms with Gasteiger partial charge in [0.15, 0.2) is 0 Å². The van der Waals surface area contributed by atoms with Crippen LogP contribution in [0, 0.1) is 5.82 Å². The van der Waals surface area contributed by atoms with Gasteiger partial charge in [-0.1, -0.05) is 38.1 Å². The van der Waals surface area contributed by atoms with E-state index in [-0.39, 0.29) is 38.8 Å². The standard InChI is InChI=1S/C24H25FN2O4S2/c1-16(2)23-22(33(30,31)27-13-11-17-6-5-12-26-15-17)14-21-19(24(23)25)10-9-18-7-3-4-8-20(18)32(21,28)29/h3-8,12,14-16,27H,9-11,13H2,1-2H3. The number of aromatic nitrogens is 1. The van der Waals surface area contributed by atoms with Gasteiger partial charge in [0.1, 0.15) is 5.82 Å².